The van der Waals surface area contributed by atoms with Gasteiger partial charge < -0.3 is 0 Å². The van der Waals surface area contributed by atoms with Crippen molar-refractivity contribution in [3.63, 3.8) is 0 Å². The van der Waals surface area contributed by atoms with Crippen molar-refractivity contribution in [3.05, 3.63) is 24.2 Å². The molecule has 0 amide bonds. The highest BCUT2D eigenvalue weighted by Crippen LogP contribution is 2.22. The van der Waals surface area contributed by atoms with Crippen molar-refractivity contribution >= 4 is 7.85 Å². The lowest BCUT2D eigenvalue weighted by molar-refractivity contribution is 0.231. The molecule has 0 saturated heterocycles. The van der Waals surface area contributed by atoms with E-state index in [1.165, 1.54) is 38.8 Å². The van der Waals surface area contributed by atoms with Crippen LogP contribution in [0.4, 0.5) is 0 Å². The summed E-state index contributed by atoms with van der Waals surface area (Å²) in [6.45, 7) is 12.0. The van der Waals surface area contributed by atoms with Gasteiger partial charge in [0.05, 0.1) is 0 Å². The van der Waals surface area contributed by atoms with E-state index in [1.807, 2.05) is 6.08 Å². The molecular formula is C15H28BN. The summed E-state index contributed by atoms with van der Waals surface area (Å²) in [5.41, 5.74) is 1.58. The van der Waals surface area contributed by atoms with Gasteiger partial charge in [-0.05, 0) is 44.1 Å². The maximum absolute atomic E-state index is 3.88. The Morgan fingerprint density at radius 3 is 2.88 bits per heavy atom. The molecule has 1 unspecified atom stereocenters. The first-order valence-corrected chi connectivity index (χ1v) is 7.10. The molecule has 0 aromatic carbocycles. The predicted octanol–water partition coefficient (Wildman–Crippen LogP) is 2.84. The van der Waals surface area contributed by atoms with Crippen LogP contribution in [0, 0.1) is 11.8 Å². The van der Waals surface area contributed by atoms with Gasteiger partial charge in [-0.3, -0.25) is 4.90 Å². The molecule has 1 nitrogen and oxygen atoms in total. The van der Waals surface area contributed by atoms with Gasteiger partial charge in [-0.2, -0.15) is 0 Å². The molecule has 17 heavy (non-hydrogen) atoms. The Morgan fingerprint density at radius 2 is 2.35 bits per heavy atom. The molecule has 0 saturated carbocycles. The summed E-state index contributed by atoms with van der Waals surface area (Å²) in [6, 6.07) is 0. The smallest absolute Gasteiger partial charge is 0.133 e. The van der Waals surface area contributed by atoms with E-state index < -0.39 is 0 Å². The largest absolute Gasteiger partial charge is 0.299 e. The monoisotopic (exact) mass is 233 g/mol. The van der Waals surface area contributed by atoms with Crippen LogP contribution in [0.15, 0.2) is 24.2 Å². The van der Waals surface area contributed by atoms with E-state index in [2.05, 4.69) is 39.2 Å². The van der Waals surface area contributed by atoms with Crippen LogP contribution >= 0.6 is 0 Å². The first-order valence-electron chi connectivity index (χ1n) is 7.10. The lowest BCUT2D eigenvalue weighted by atomic mass is 9.80. The van der Waals surface area contributed by atoms with Crippen LogP contribution < -0.4 is 0 Å². The quantitative estimate of drug-likeness (QED) is 0.482. The molecule has 0 heterocycles. The molecule has 0 aliphatic heterocycles. The van der Waals surface area contributed by atoms with Gasteiger partial charge in [0.2, 0.25) is 0 Å². The number of rotatable bonds is 7. The fourth-order valence-corrected chi connectivity index (χ4v) is 2.43. The minimum absolute atomic E-state index is 0.802. The Kier molecular flexibility index (Phi) is 6.65. The summed E-state index contributed by atoms with van der Waals surface area (Å²) in [4.78, 5) is 2.58. The summed E-state index contributed by atoms with van der Waals surface area (Å²) in [5, 5.41) is 0. The lowest BCUT2D eigenvalue weighted by Crippen LogP contribution is -2.32. The van der Waals surface area contributed by atoms with Gasteiger partial charge in [0.1, 0.15) is 7.85 Å². The lowest BCUT2D eigenvalue weighted by Gasteiger charge is -2.28. The minimum Gasteiger partial charge on any atom is -0.299 e. The van der Waals surface area contributed by atoms with Crippen molar-refractivity contribution < 1.29 is 0 Å². The molecule has 1 rings (SSSR count). The van der Waals surface area contributed by atoms with Crippen LogP contribution in [0.3, 0.4) is 0 Å². The third-order valence-corrected chi connectivity index (χ3v) is 3.67. The second kappa shape index (κ2) is 7.76. The summed E-state index contributed by atoms with van der Waals surface area (Å²) in [6.07, 6.45) is 9.73. The molecule has 2 heteroatoms. The predicted molar refractivity (Wildman–Crippen MR) is 80.1 cm³/mol. The Labute approximate surface area is 108 Å². The Hall–Kier alpha value is -0.495. The zero-order valence-electron chi connectivity index (χ0n) is 11.9. The number of hydrogen-bond donors (Lipinski definition) is 0. The first-order chi connectivity index (χ1) is 8.11. The first kappa shape index (κ1) is 14.6. The van der Waals surface area contributed by atoms with E-state index in [4.69, 9.17) is 0 Å². The van der Waals surface area contributed by atoms with Crippen molar-refractivity contribution in [2.24, 2.45) is 11.8 Å². The van der Waals surface area contributed by atoms with Gasteiger partial charge in [0.25, 0.3) is 0 Å². The second-order valence-electron chi connectivity index (χ2n) is 5.92. The zero-order chi connectivity index (χ0) is 12.7. The van der Waals surface area contributed by atoms with Gasteiger partial charge in [0, 0.05) is 13.1 Å². The maximum atomic E-state index is 3.88. The molecule has 0 bridgehead atoms. The Bertz CT molecular complexity index is 258. The molecule has 0 fully saturated rings. The highest BCUT2D eigenvalue weighted by atomic mass is 15.1. The van der Waals surface area contributed by atoms with Crippen LogP contribution in [0.1, 0.15) is 39.5 Å². The van der Waals surface area contributed by atoms with Gasteiger partial charge in [-0.15, -0.1) is 12.1 Å². The van der Waals surface area contributed by atoms with Crippen molar-refractivity contribution in [2.45, 2.75) is 39.5 Å². The molecule has 0 radical (unpaired) electrons. The van der Waals surface area contributed by atoms with Crippen LogP contribution in [0.25, 0.3) is 0 Å². The molecule has 1 atom stereocenters. The molecular weight excluding hydrogens is 205 g/mol. The summed E-state index contributed by atoms with van der Waals surface area (Å²) < 4.78 is 0. The van der Waals surface area contributed by atoms with E-state index in [9.17, 15) is 0 Å². The van der Waals surface area contributed by atoms with Gasteiger partial charge in [-0.1, -0.05) is 26.0 Å². The van der Waals surface area contributed by atoms with Crippen molar-refractivity contribution in [3.8, 4) is 0 Å². The second-order valence-corrected chi connectivity index (χ2v) is 5.92. The summed E-state index contributed by atoms with van der Waals surface area (Å²) >= 11 is 0. The van der Waals surface area contributed by atoms with Gasteiger partial charge in [0.15, 0.2) is 0 Å². The minimum atomic E-state index is 0.802. The van der Waals surface area contributed by atoms with E-state index in [1.54, 1.807) is 5.47 Å². The fourth-order valence-electron chi connectivity index (χ4n) is 2.43. The number of nitrogens with zero attached hydrogens (tertiary/aromatic N) is 1. The molecule has 96 valence electrons. The number of allylic oxidation sites excluding steroid dienone is 2. The average Bonchev–Trinajstić information content (AvgIpc) is 2.29. The molecule has 1 aliphatic carbocycles. The maximum Gasteiger partial charge on any atom is 0.133 e. The Morgan fingerprint density at radius 1 is 1.59 bits per heavy atom. The molecule has 0 aromatic heterocycles. The summed E-state index contributed by atoms with van der Waals surface area (Å²) in [7, 11) is 2.26. The van der Waals surface area contributed by atoms with E-state index in [0.29, 0.717) is 0 Å². The highest BCUT2D eigenvalue weighted by molar-refractivity contribution is 6.21. The molecule has 0 spiro atoms. The van der Waals surface area contributed by atoms with Crippen LogP contribution in [0.2, 0.25) is 0 Å². The standard InChI is InChI=1S/C15H28BN/c1-4-10-17(11-9-13(2)3)12-14-5-7-15(16)8-6-14/h4,7,13-14H,1,5-6,8-12,16H2,2-3H3. The SMILES string of the molecule is BC1=CCC(CN(CC=C)CCC(C)C)CC1. The van der Waals surface area contributed by atoms with E-state index >= 15 is 0 Å². The normalized spacial score (nSPS) is 20.7. The van der Waals surface area contributed by atoms with E-state index in [-0.39, 0.29) is 0 Å². The average molecular weight is 233 g/mol. The van der Waals surface area contributed by atoms with Crippen LogP contribution in [0.5, 0.6) is 0 Å². The topological polar surface area (TPSA) is 3.24 Å². The third kappa shape index (κ3) is 6.11. The molecule has 0 N–H and O–H groups in total. The zero-order valence-corrected chi connectivity index (χ0v) is 11.9. The van der Waals surface area contributed by atoms with Gasteiger partial charge in [-0.25, -0.2) is 0 Å². The van der Waals surface area contributed by atoms with Crippen molar-refractivity contribution in [2.75, 3.05) is 19.6 Å². The van der Waals surface area contributed by atoms with Gasteiger partial charge >= 0.3 is 0 Å². The number of hydrogen-bond acceptors (Lipinski definition) is 1. The van der Waals surface area contributed by atoms with Crippen LogP contribution in [-0.4, -0.2) is 32.4 Å². The third-order valence-electron chi connectivity index (χ3n) is 3.67. The molecule has 0 aromatic rings. The van der Waals surface area contributed by atoms with Crippen LogP contribution in [-0.2, 0) is 0 Å². The van der Waals surface area contributed by atoms with Crippen molar-refractivity contribution in [1.82, 2.24) is 4.90 Å². The molecule has 1 aliphatic rings. The highest BCUT2D eigenvalue weighted by Gasteiger charge is 2.15. The van der Waals surface area contributed by atoms with E-state index in [0.717, 1.165) is 18.4 Å². The summed E-state index contributed by atoms with van der Waals surface area (Å²) in [5.74, 6) is 1.67. The Balaban J connectivity index is 2.35. The van der Waals surface area contributed by atoms with Crippen molar-refractivity contribution in [1.29, 1.82) is 0 Å². The fraction of sp³-hybridized carbons (Fsp3) is 0.733.